The van der Waals surface area contributed by atoms with Crippen LogP contribution in [0.4, 0.5) is 0 Å². The number of fused-ring (bicyclic) bond motifs is 1. The minimum atomic E-state index is -4.14. The second-order valence-electron chi connectivity index (χ2n) is 5.03. The summed E-state index contributed by atoms with van der Waals surface area (Å²) in [5.41, 5.74) is 1.42. The monoisotopic (exact) mass is 322 g/mol. The summed E-state index contributed by atoms with van der Waals surface area (Å²) in [5, 5.41) is 1.90. The van der Waals surface area contributed by atoms with Gasteiger partial charge in [-0.3, -0.25) is 4.55 Å². The van der Waals surface area contributed by atoms with Crippen molar-refractivity contribution >= 4 is 26.9 Å². The Morgan fingerprint density at radius 2 is 2.09 bits per heavy atom. The zero-order chi connectivity index (χ0) is 15.7. The molecule has 1 fully saturated rings. The quantitative estimate of drug-likeness (QED) is 0.514. The predicted molar refractivity (Wildman–Crippen MR) is 79.3 cm³/mol. The Labute approximate surface area is 127 Å². The highest BCUT2D eigenvalue weighted by Crippen LogP contribution is 2.35. The lowest BCUT2D eigenvalue weighted by atomic mass is 10.0. The number of benzene rings is 2. The van der Waals surface area contributed by atoms with Crippen LogP contribution < -0.4 is 0 Å². The van der Waals surface area contributed by atoms with Crippen molar-refractivity contribution in [1.82, 2.24) is 0 Å². The van der Waals surface area contributed by atoms with Crippen LogP contribution in [0.3, 0.4) is 0 Å². The Hall–Kier alpha value is -1.96. The van der Waals surface area contributed by atoms with Crippen molar-refractivity contribution in [2.24, 2.45) is 0 Å². The minimum absolute atomic E-state index is 0.122. The third-order valence-corrected chi connectivity index (χ3v) is 4.09. The fraction of sp³-hybridized carbons (Fsp3) is 0.267. The van der Waals surface area contributed by atoms with Crippen LogP contribution in [0.15, 0.2) is 36.4 Å². The average Bonchev–Trinajstić information content (AvgIpc) is 3.29. The van der Waals surface area contributed by atoms with Crippen LogP contribution in [0.2, 0.25) is 0 Å². The maximum absolute atomic E-state index is 11.9. The van der Waals surface area contributed by atoms with Gasteiger partial charge in [-0.15, -0.1) is 0 Å². The molecule has 7 heteroatoms. The van der Waals surface area contributed by atoms with E-state index in [-0.39, 0.29) is 12.7 Å². The van der Waals surface area contributed by atoms with Crippen LogP contribution in [0.1, 0.15) is 22.0 Å². The summed E-state index contributed by atoms with van der Waals surface area (Å²) in [5.74, 6) is -1.24. The molecule has 1 unspecified atom stereocenters. The molecule has 2 aromatic rings. The average molecular weight is 322 g/mol. The van der Waals surface area contributed by atoms with Crippen LogP contribution in [0.5, 0.6) is 0 Å². The fourth-order valence-corrected chi connectivity index (χ4v) is 2.56. The molecule has 22 heavy (non-hydrogen) atoms. The van der Waals surface area contributed by atoms with E-state index < -0.39 is 21.8 Å². The highest BCUT2D eigenvalue weighted by molar-refractivity contribution is 7.85. The summed E-state index contributed by atoms with van der Waals surface area (Å²) in [4.78, 5) is 11.9. The molecule has 1 atom stereocenters. The van der Waals surface area contributed by atoms with Crippen molar-refractivity contribution in [2.75, 3.05) is 19.0 Å². The van der Waals surface area contributed by atoms with Gasteiger partial charge in [0.25, 0.3) is 10.1 Å². The van der Waals surface area contributed by atoms with E-state index in [0.717, 1.165) is 16.3 Å². The number of epoxide rings is 1. The molecule has 6 nitrogen and oxygen atoms in total. The molecule has 0 aromatic heterocycles. The van der Waals surface area contributed by atoms with Gasteiger partial charge in [-0.1, -0.05) is 24.3 Å². The Kier molecular flexibility index (Phi) is 3.86. The van der Waals surface area contributed by atoms with E-state index in [1.54, 1.807) is 12.1 Å². The lowest BCUT2D eigenvalue weighted by Gasteiger charge is -2.07. The summed E-state index contributed by atoms with van der Waals surface area (Å²) in [7, 11) is -4.14. The number of carbonyl (C=O) groups excluding carboxylic acids is 1. The topological polar surface area (TPSA) is 93.2 Å². The van der Waals surface area contributed by atoms with Gasteiger partial charge in [0, 0.05) is 0 Å². The minimum Gasteiger partial charge on any atom is -0.461 e. The highest BCUT2D eigenvalue weighted by Gasteiger charge is 2.26. The van der Waals surface area contributed by atoms with Gasteiger partial charge in [0.2, 0.25) is 0 Å². The van der Waals surface area contributed by atoms with E-state index in [9.17, 15) is 13.2 Å². The van der Waals surface area contributed by atoms with Gasteiger partial charge in [-0.25, -0.2) is 4.79 Å². The van der Waals surface area contributed by atoms with Crippen molar-refractivity contribution in [3.8, 4) is 0 Å². The number of carbonyl (C=O) groups is 1. The Balaban J connectivity index is 1.78. The summed E-state index contributed by atoms with van der Waals surface area (Å²) in [6, 6.07) is 10.9. The Bertz CT molecular complexity index is 823. The molecular formula is C15H14O6S. The second-order valence-corrected chi connectivity index (χ2v) is 6.60. The third kappa shape index (κ3) is 3.44. The molecule has 116 valence electrons. The molecule has 1 aliphatic heterocycles. The summed E-state index contributed by atoms with van der Waals surface area (Å²) >= 11 is 0. The van der Waals surface area contributed by atoms with Gasteiger partial charge in [0.15, 0.2) is 0 Å². The largest absolute Gasteiger partial charge is 0.461 e. The smallest absolute Gasteiger partial charge is 0.338 e. The van der Waals surface area contributed by atoms with E-state index in [0.29, 0.717) is 12.2 Å². The fourth-order valence-electron chi connectivity index (χ4n) is 2.27. The van der Waals surface area contributed by atoms with Crippen LogP contribution >= 0.6 is 0 Å². The molecule has 2 aromatic carbocycles. The van der Waals surface area contributed by atoms with Gasteiger partial charge in [0.05, 0.1) is 12.2 Å². The number of hydrogen-bond acceptors (Lipinski definition) is 5. The molecule has 0 spiro atoms. The number of rotatable bonds is 5. The molecule has 1 N–H and O–H groups in total. The standard InChI is InChI=1S/C15H14O6S/c16-15(20-6-7-22(17,18)19)11-4-5-12-10(8-11)2-1-3-13(12)14-9-21-14/h1-5,8,14H,6-7,9H2,(H,17,18,19). The summed E-state index contributed by atoms with van der Waals surface area (Å²) in [6.07, 6.45) is 0.122. The van der Waals surface area contributed by atoms with Gasteiger partial charge in [0.1, 0.15) is 18.5 Å². The van der Waals surface area contributed by atoms with Gasteiger partial charge in [-0.05, 0) is 28.5 Å². The number of esters is 1. The molecule has 0 saturated carbocycles. The van der Waals surface area contributed by atoms with Gasteiger partial charge in [-0.2, -0.15) is 8.42 Å². The molecule has 1 saturated heterocycles. The number of hydrogen-bond donors (Lipinski definition) is 1. The highest BCUT2D eigenvalue weighted by atomic mass is 32.2. The molecule has 0 amide bonds. The lowest BCUT2D eigenvalue weighted by Crippen LogP contribution is -2.14. The van der Waals surface area contributed by atoms with Crippen LogP contribution in [0.25, 0.3) is 10.8 Å². The van der Waals surface area contributed by atoms with Crippen molar-refractivity contribution in [2.45, 2.75) is 6.10 Å². The molecule has 3 rings (SSSR count). The van der Waals surface area contributed by atoms with E-state index in [2.05, 4.69) is 0 Å². The van der Waals surface area contributed by atoms with E-state index in [1.807, 2.05) is 24.3 Å². The van der Waals surface area contributed by atoms with Crippen molar-refractivity contribution < 1.29 is 27.2 Å². The van der Waals surface area contributed by atoms with Crippen LogP contribution in [-0.4, -0.2) is 37.9 Å². The summed E-state index contributed by atoms with van der Waals surface area (Å²) < 4.78 is 39.9. The van der Waals surface area contributed by atoms with Crippen molar-refractivity contribution in [1.29, 1.82) is 0 Å². The van der Waals surface area contributed by atoms with Crippen molar-refractivity contribution in [3.63, 3.8) is 0 Å². The molecule has 0 bridgehead atoms. The first-order valence-electron chi connectivity index (χ1n) is 6.70. The predicted octanol–water partition coefficient (Wildman–Crippen LogP) is 1.96. The maximum atomic E-state index is 11.9. The lowest BCUT2D eigenvalue weighted by molar-refractivity contribution is 0.0528. The van der Waals surface area contributed by atoms with E-state index in [1.165, 1.54) is 0 Å². The first-order chi connectivity index (χ1) is 10.4. The molecule has 1 aliphatic rings. The zero-order valence-electron chi connectivity index (χ0n) is 11.6. The van der Waals surface area contributed by atoms with Crippen LogP contribution in [0, 0.1) is 0 Å². The van der Waals surface area contributed by atoms with Crippen LogP contribution in [-0.2, 0) is 19.6 Å². The Morgan fingerprint density at radius 1 is 1.32 bits per heavy atom. The maximum Gasteiger partial charge on any atom is 0.338 e. The zero-order valence-corrected chi connectivity index (χ0v) is 12.4. The molecule has 1 heterocycles. The molecular weight excluding hydrogens is 308 g/mol. The first-order valence-corrected chi connectivity index (χ1v) is 8.31. The van der Waals surface area contributed by atoms with E-state index in [4.69, 9.17) is 14.0 Å². The molecule has 0 radical (unpaired) electrons. The number of ether oxygens (including phenoxy) is 2. The van der Waals surface area contributed by atoms with E-state index >= 15 is 0 Å². The first kappa shape index (κ1) is 15.0. The second kappa shape index (κ2) is 5.68. The van der Waals surface area contributed by atoms with Gasteiger partial charge < -0.3 is 9.47 Å². The molecule has 0 aliphatic carbocycles. The summed E-state index contributed by atoms with van der Waals surface area (Å²) in [6.45, 7) is 0.324. The Morgan fingerprint density at radius 3 is 2.77 bits per heavy atom. The third-order valence-electron chi connectivity index (χ3n) is 3.40. The SMILES string of the molecule is O=C(OCCS(=O)(=O)O)c1ccc2c(C3CO3)cccc2c1. The van der Waals surface area contributed by atoms with Gasteiger partial charge >= 0.3 is 5.97 Å². The van der Waals surface area contributed by atoms with Crippen molar-refractivity contribution in [3.05, 3.63) is 47.5 Å². The normalized spacial score (nSPS) is 17.4.